The first kappa shape index (κ1) is 19.2. The van der Waals surface area contributed by atoms with Crippen molar-refractivity contribution in [3.8, 4) is 0 Å². The highest BCUT2D eigenvalue weighted by atomic mass is 79.9. The zero-order valence-corrected chi connectivity index (χ0v) is 15.3. The summed E-state index contributed by atoms with van der Waals surface area (Å²) in [7, 11) is 0. The number of alkyl halides is 3. The van der Waals surface area contributed by atoms with Gasteiger partial charge in [-0.15, -0.1) is 0 Å². The molecule has 0 amide bonds. The number of hydrogen-bond acceptors (Lipinski definition) is 4. The maximum atomic E-state index is 12.7. The standard InChI is InChI=1S/C17H18BrF3N2O3/c18-14-9-13(26-22-14)10-5-7-23(8-6-10)15(16(24)25)11-1-3-12(4-2-11)17(19,20)21/h1-4,10,13,15H,5-9H2,(H,24,25)/t13-,15-/m1/s1. The van der Waals surface area contributed by atoms with Crippen molar-refractivity contribution in [3.63, 3.8) is 0 Å². The van der Waals surface area contributed by atoms with Gasteiger partial charge in [0.25, 0.3) is 0 Å². The largest absolute Gasteiger partial charge is 0.480 e. The topological polar surface area (TPSA) is 62.1 Å². The lowest BCUT2D eigenvalue weighted by Gasteiger charge is -2.37. The highest BCUT2D eigenvalue weighted by molar-refractivity contribution is 9.18. The second-order valence-corrected chi connectivity index (χ2v) is 7.46. The molecule has 0 unspecified atom stereocenters. The Morgan fingerprint density at radius 3 is 2.35 bits per heavy atom. The van der Waals surface area contributed by atoms with Gasteiger partial charge in [0, 0.05) is 12.3 Å². The molecule has 9 heteroatoms. The molecule has 0 spiro atoms. The molecule has 26 heavy (non-hydrogen) atoms. The van der Waals surface area contributed by atoms with E-state index in [1.54, 1.807) is 4.90 Å². The molecule has 1 N–H and O–H groups in total. The van der Waals surface area contributed by atoms with Gasteiger partial charge in [0.2, 0.25) is 0 Å². The zero-order valence-electron chi connectivity index (χ0n) is 13.7. The number of carbonyl (C=O) groups is 1. The second-order valence-electron chi connectivity index (χ2n) is 6.55. The second kappa shape index (κ2) is 7.56. The number of oxime groups is 1. The molecular formula is C17H18BrF3N2O3. The quantitative estimate of drug-likeness (QED) is 0.776. The van der Waals surface area contributed by atoms with E-state index in [-0.39, 0.29) is 12.0 Å². The Morgan fingerprint density at radius 2 is 1.88 bits per heavy atom. The van der Waals surface area contributed by atoms with E-state index >= 15 is 0 Å². The van der Waals surface area contributed by atoms with Crippen LogP contribution in [-0.2, 0) is 15.8 Å². The van der Waals surface area contributed by atoms with Crippen molar-refractivity contribution in [2.24, 2.45) is 11.1 Å². The lowest BCUT2D eigenvalue weighted by Crippen LogP contribution is -2.42. The van der Waals surface area contributed by atoms with Crippen LogP contribution in [0.5, 0.6) is 0 Å². The minimum Gasteiger partial charge on any atom is -0.480 e. The summed E-state index contributed by atoms with van der Waals surface area (Å²) in [6.07, 6.45) is -2.21. The number of aliphatic carboxylic acids is 1. The molecule has 1 aromatic carbocycles. The van der Waals surface area contributed by atoms with Crippen LogP contribution >= 0.6 is 15.9 Å². The van der Waals surface area contributed by atoms with Gasteiger partial charge >= 0.3 is 12.1 Å². The van der Waals surface area contributed by atoms with Crippen LogP contribution in [-0.4, -0.2) is 39.8 Å². The Morgan fingerprint density at radius 1 is 1.27 bits per heavy atom. The Labute approximate surface area is 156 Å². The average Bonchev–Trinajstić information content (AvgIpc) is 3.01. The van der Waals surface area contributed by atoms with Crippen molar-refractivity contribution in [2.45, 2.75) is 37.6 Å². The number of carboxylic acid groups (broad SMARTS) is 1. The maximum Gasteiger partial charge on any atom is 0.416 e. The van der Waals surface area contributed by atoms with E-state index in [1.165, 1.54) is 12.1 Å². The normalized spacial score (nSPS) is 23.4. The summed E-state index contributed by atoms with van der Waals surface area (Å²) in [5, 5.41) is 13.5. The summed E-state index contributed by atoms with van der Waals surface area (Å²) in [4.78, 5) is 18.9. The van der Waals surface area contributed by atoms with Gasteiger partial charge in [-0.25, -0.2) is 0 Å². The summed E-state index contributed by atoms with van der Waals surface area (Å²) in [6.45, 7) is 1.08. The predicted octanol–water partition coefficient (Wildman–Crippen LogP) is 4.04. The molecule has 0 aromatic heterocycles. The first-order valence-corrected chi connectivity index (χ1v) is 9.07. The summed E-state index contributed by atoms with van der Waals surface area (Å²) < 4.78 is 38.9. The predicted molar refractivity (Wildman–Crippen MR) is 92.0 cm³/mol. The van der Waals surface area contributed by atoms with Gasteiger partial charge in [0.05, 0.1) is 5.56 Å². The highest BCUT2D eigenvalue weighted by Crippen LogP contribution is 2.34. The lowest BCUT2D eigenvalue weighted by molar-refractivity contribution is -0.144. The molecule has 1 aromatic rings. The van der Waals surface area contributed by atoms with Crippen LogP contribution in [0, 0.1) is 5.92 Å². The Balaban J connectivity index is 1.67. The van der Waals surface area contributed by atoms with Crippen molar-refractivity contribution < 1.29 is 27.9 Å². The molecule has 142 valence electrons. The number of hydrogen-bond donors (Lipinski definition) is 1. The number of piperidine rings is 1. The molecule has 2 aliphatic heterocycles. The monoisotopic (exact) mass is 434 g/mol. The van der Waals surface area contributed by atoms with Gasteiger partial charge in [0.1, 0.15) is 16.8 Å². The van der Waals surface area contributed by atoms with Gasteiger partial charge in [-0.05, 0) is 59.6 Å². The van der Waals surface area contributed by atoms with E-state index in [4.69, 9.17) is 4.84 Å². The minimum absolute atomic E-state index is 0.000808. The van der Waals surface area contributed by atoms with Crippen LogP contribution in [0.1, 0.15) is 36.4 Å². The molecule has 1 fully saturated rings. The summed E-state index contributed by atoms with van der Waals surface area (Å²) in [5.41, 5.74) is -0.430. The summed E-state index contributed by atoms with van der Waals surface area (Å²) >= 11 is 3.31. The molecule has 5 nitrogen and oxygen atoms in total. The van der Waals surface area contributed by atoms with E-state index in [1.807, 2.05) is 0 Å². The van der Waals surface area contributed by atoms with E-state index in [0.717, 1.165) is 29.6 Å². The third kappa shape index (κ3) is 4.20. The third-order valence-corrected chi connectivity index (χ3v) is 5.38. The van der Waals surface area contributed by atoms with Gasteiger partial charge in [-0.3, -0.25) is 9.69 Å². The number of carboxylic acids is 1. The average molecular weight is 435 g/mol. The fourth-order valence-corrected chi connectivity index (χ4v) is 3.93. The van der Waals surface area contributed by atoms with Gasteiger partial charge in [-0.2, -0.15) is 13.2 Å². The Bertz CT molecular complexity index is 685. The summed E-state index contributed by atoms with van der Waals surface area (Å²) in [5.74, 6) is -0.779. The molecule has 1 saturated heterocycles. The van der Waals surface area contributed by atoms with Crippen LogP contribution < -0.4 is 0 Å². The number of benzene rings is 1. The zero-order chi connectivity index (χ0) is 18.9. The van der Waals surface area contributed by atoms with E-state index in [9.17, 15) is 23.1 Å². The number of rotatable bonds is 4. The van der Waals surface area contributed by atoms with Crippen LogP contribution in [0.3, 0.4) is 0 Å². The first-order chi connectivity index (χ1) is 12.3. The molecule has 2 aliphatic rings. The van der Waals surface area contributed by atoms with Crippen LogP contribution in [0.25, 0.3) is 0 Å². The molecule has 0 saturated carbocycles. The fraction of sp³-hybridized carbons (Fsp3) is 0.529. The molecule has 0 radical (unpaired) electrons. The van der Waals surface area contributed by atoms with Crippen molar-refractivity contribution in [2.75, 3.05) is 13.1 Å². The van der Waals surface area contributed by atoms with Gasteiger partial charge in [-0.1, -0.05) is 17.3 Å². The van der Waals surface area contributed by atoms with E-state index in [0.29, 0.717) is 25.1 Å². The van der Waals surface area contributed by atoms with Crippen LogP contribution in [0.2, 0.25) is 0 Å². The minimum atomic E-state index is -4.44. The molecule has 2 atom stereocenters. The maximum absolute atomic E-state index is 12.7. The van der Waals surface area contributed by atoms with Crippen molar-refractivity contribution in [1.82, 2.24) is 4.90 Å². The van der Waals surface area contributed by atoms with Crippen LogP contribution in [0.15, 0.2) is 29.4 Å². The first-order valence-electron chi connectivity index (χ1n) is 8.28. The summed E-state index contributed by atoms with van der Waals surface area (Å²) in [6, 6.07) is 3.40. The molecular weight excluding hydrogens is 417 g/mol. The molecule has 2 heterocycles. The van der Waals surface area contributed by atoms with Gasteiger partial charge in [0.15, 0.2) is 0 Å². The van der Waals surface area contributed by atoms with Crippen LogP contribution in [0.4, 0.5) is 13.2 Å². The smallest absolute Gasteiger partial charge is 0.416 e. The lowest BCUT2D eigenvalue weighted by atomic mass is 9.88. The number of nitrogens with zero attached hydrogens (tertiary/aromatic N) is 2. The fourth-order valence-electron chi connectivity index (χ4n) is 3.53. The number of likely N-dealkylation sites (tertiary alicyclic amines) is 1. The highest BCUT2D eigenvalue weighted by Gasteiger charge is 2.36. The van der Waals surface area contributed by atoms with Crippen molar-refractivity contribution in [1.29, 1.82) is 0 Å². The van der Waals surface area contributed by atoms with Gasteiger partial charge < -0.3 is 9.94 Å². The van der Waals surface area contributed by atoms with E-state index in [2.05, 4.69) is 21.1 Å². The molecule has 0 bridgehead atoms. The van der Waals surface area contributed by atoms with Crippen molar-refractivity contribution in [3.05, 3.63) is 35.4 Å². The molecule has 3 rings (SSSR count). The number of halogens is 4. The van der Waals surface area contributed by atoms with Crippen molar-refractivity contribution >= 4 is 26.5 Å². The third-order valence-electron chi connectivity index (χ3n) is 4.91. The Hall–Kier alpha value is -1.61. The molecule has 0 aliphatic carbocycles. The SMILES string of the molecule is O=C(O)[C@@H](c1ccc(C(F)(F)F)cc1)N1CCC([C@H]2CC(Br)=NO2)CC1. The Kier molecular flexibility index (Phi) is 5.57. The van der Waals surface area contributed by atoms with E-state index < -0.39 is 23.8 Å².